The van der Waals surface area contributed by atoms with Gasteiger partial charge in [-0.25, -0.2) is 0 Å². The molecule has 356 valence electrons. The van der Waals surface area contributed by atoms with Gasteiger partial charge >= 0.3 is 0 Å². The quantitative estimate of drug-likeness (QED) is 0.109. The van der Waals surface area contributed by atoms with E-state index in [1.165, 1.54) is 50.1 Å². The van der Waals surface area contributed by atoms with Gasteiger partial charge in [0.15, 0.2) is 11.6 Å². The molecular formula is C64H71NO4. The number of allylic oxidation sites excluding steroid dienone is 2. The van der Waals surface area contributed by atoms with Crippen molar-refractivity contribution in [1.29, 1.82) is 0 Å². The number of carbonyl (C=O) groups excluding carboxylic acids is 3. The number of rotatable bonds is 10. The van der Waals surface area contributed by atoms with Crippen molar-refractivity contribution in [3.05, 3.63) is 204 Å². The average molecular weight is 918 g/mol. The first kappa shape index (κ1) is 50.3. The SMILES string of the molecule is CC(C)(c1ccc(-c2ccccc2)cc1)[C@@H]1CCC(=O)C1.CC(C)(c1ccc(-c2ccccc2)cc1)[C@H]1CC(=O)/C(=C\O)C1.CN(C)/C=C1/C[C@@H](C(C)(C)c2ccc(-c3ccccc3)cc2)CC1=O. The highest BCUT2D eigenvalue weighted by Crippen LogP contribution is 2.45. The molecule has 0 aromatic heterocycles. The van der Waals surface area contributed by atoms with Gasteiger partial charge in [0, 0.05) is 57.1 Å². The summed E-state index contributed by atoms with van der Waals surface area (Å²) < 4.78 is 0. The Balaban J connectivity index is 0.000000153. The summed E-state index contributed by atoms with van der Waals surface area (Å²) in [7, 11) is 3.95. The van der Waals surface area contributed by atoms with Gasteiger partial charge in [0.2, 0.25) is 0 Å². The Morgan fingerprint density at radius 1 is 0.420 bits per heavy atom. The van der Waals surface area contributed by atoms with Gasteiger partial charge in [-0.1, -0.05) is 205 Å². The van der Waals surface area contributed by atoms with E-state index in [0.29, 0.717) is 48.2 Å². The molecule has 3 aliphatic rings. The van der Waals surface area contributed by atoms with E-state index in [1.54, 1.807) is 0 Å². The molecule has 0 spiro atoms. The highest BCUT2D eigenvalue weighted by atomic mass is 16.2. The fourth-order valence-corrected chi connectivity index (χ4v) is 10.5. The molecule has 0 radical (unpaired) electrons. The second-order valence-electron chi connectivity index (χ2n) is 21.3. The van der Waals surface area contributed by atoms with Gasteiger partial charge in [-0.05, 0) is 103 Å². The lowest BCUT2D eigenvalue weighted by molar-refractivity contribution is -0.118. The standard InChI is InChI=1S/C23H27NO.C21H22O2.C20H22O/c1-23(2,21-14-19(16-24(3)4)22(25)15-21)20-12-10-18(11-13-20)17-8-6-5-7-9-17;1-21(2,19-12-17(14-22)20(23)13-19)18-10-8-16(9-11-18)15-6-4-3-5-7-15;1-20(2,18-12-13-19(21)14-18)17-10-8-16(9-11-17)15-6-4-3-5-7-15/h5-13,16,21H,14-15H2,1-4H3;3-11,14,19,22H,12-13H2,1-2H3;3-11,18H,12-14H2,1-2H3/b19-16-;17-14-;/t21-;19-;18-/m111/s1. The van der Waals surface area contributed by atoms with Gasteiger partial charge in [0.05, 0.1) is 6.26 Å². The molecule has 3 saturated carbocycles. The molecule has 1 N–H and O–H groups in total. The summed E-state index contributed by atoms with van der Waals surface area (Å²) in [6, 6.07) is 57.5. The van der Waals surface area contributed by atoms with Crippen LogP contribution in [0, 0.1) is 17.8 Å². The van der Waals surface area contributed by atoms with Crippen molar-refractivity contribution in [2.45, 2.75) is 103 Å². The van der Waals surface area contributed by atoms with Crippen LogP contribution in [0.25, 0.3) is 33.4 Å². The number of nitrogens with zero attached hydrogens (tertiary/aromatic N) is 1. The van der Waals surface area contributed by atoms with Crippen molar-refractivity contribution in [1.82, 2.24) is 4.90 Å². The van der Waals surface area contributed by atoms with Gasteiger partial charge in [-0.15, -0.1) is 0 Å². The van der Waals surface area contributed by atoms with Crippen molar-refractivity contribution < 1.29 is 19.5 Å². The number of hydrogen-bond donors (Lipinski definition) is 1. The zero-order chi connectivity index (χ0) is 49.3. The summed E-state index contributed by atoms with van der Waals surface area (Å²) in [6.07, 6.45) is 8.18. The van der Waals surface area contributed by atoms with E-state index in [1.807, 2.05) is 55.5 Å². The van der Waals surface area contributed by atoms with E-state index in [4.69, 9.17) is 0 Å². The molecule has 3 atom stereocenters. The fraction of sp³-hybridized carbons (Fsp3) is 0.328. The lowest BCUT2D eigenvalue weighted by Crippen LogP contribution is -2.27. The highest BCUT2D eigenvalue weighted by molar-refractivity contribution is 5.98. The maximum Gasteiger partial charge on any atom is 0.162 e. The molecule has 3 fully saturated rings. The third-order valence-electron chi connectivity index (χ3n) is 15.6. The van der Waals surface area contributed by atoms with Crippen LogP contribution in [-0.4, -0.2) is 41.5 Å². The molecular weight excluding hydrogens is 847 g/mol. The molecule has 0 amide bonds. The van der Waals surface area contributed by atoms with E-state index in [0.717, 1.165) is 37.5 Å². The second-order valence-corrected chi connectivity index (χ2v) is 21.3. The van der Waals surface area contributed by atoms with E-state index in [2.05, 4.69) is 175 Å². The van der Waals surface area contributed by atoms with Crippen molar-refractivity contribution in [3.8, 4) is 33.4 Å². The van der Waals surface area contributed by atoms with Crippen molar-refractivity contribution >= 4 is 17.3 Å². The monoisotopic (exact) mass is 918 g/mol. The molecule has 0 aliphatic heterocycles. The molecule has 9 rings (SSSR count). The minimum atomic E-state index is -0.102. The van der Waals surface area contributed by atoms with E-state index < -0.39 is 0 Å². The largest absolute Gasteiger partial charge is 0.515 e. The molecule has 6 aromatic carbocycles. The Morgan fingerprint density at radius 2 is 0.739 bits per heavy atom. The molecule has 3 aliphatic carbocycles. The first-order valence-electron chi connectivity index (χ1n) is 24.7. The third-order valence-corrected chi connectivity index (χ3v) is 15.6. The minimum Gasteiger partial charge on any atom is -0.515 e. The summed E-state index contributed by atoms with van der Waals surface area (Å²) in [5, 5.41) is 9.17. The number of hydrogen-bond acceptors (Lipinski definition) is 5. The van der Waals surface area contributed by atoms with Gasteiger partial charge in [0.1, 0.15) is 5.78 Å². The maximum atomic E-state index is 12.3. The van der Waals surface area contributed by atoms with Crippen LogP contribution < -0.4 is 0 Å². The van der Waals surface area contributed by atoms with Crippen LogP contribution >= 0.6 is 0 Å². The topological polar surface area (TPSA) is 74.7 Å². The Labute approximate surface area is 412 Å². The van der Waals surface area contributed by atoms with Crippen LogP contribution in [0.1, 0.15) is 103 Å². The van der Waals surface area contributed by atoms with Crippen LogP contribution in [0.3, 0.4) is 0 Å². The Hall–Kier alpha value is -6.59. The molecule has 5 nitrogen and oxygen atoms in total. The van der Waals surface area contributed by atoms with Gasteiger partial charge in [-0.2, -0.15) is 0 Å². The first-order chi connectivity index (χ1) is 33.0. The number of ketones is 3. The van der Waals surface area contributed by atoms with Crippen LogP contribution in [0.5, 0.6) is 0 Å². The number of aliphatic hydroxyl groups excluding tert-OH is 1. The van der Waals surface area contributed by atoms with Gasteiger partial charge in [0.25, 0.3) is 0 Å². The zero-order valence-electron chi connectivity index (χ0n) is 42.0. The number of benzene rings is 6. The van der Waals surface area contributed by atoms with Gasteiger partial charge in [-0.3, -0.25) is 14.4 Å². The molecule has 6 aromatic rings. The molecule has 5 heteroatoms. The van der Waals surface area contributed by atoms with E-state index in [-0.39, 0.29) is 27.9 Å². The van der Waals surface area contributed by atoms with Crippen LogP contribution in [0.15, 0.2) is 187 Å². The fourth-order valence-electron chi connectivity index (χ4n) is 10.5. The van der Waals surface area contributed by atoms with Crippen molar-refractivity contribution in [2.24, 2.45) is 17.8 Å². The number of carbonyl (C=O) groups is 3. The summed E-state index contributed by atoms with van der Waals surface area (Å²) in [5.41, 5.74) is 12.7. The summed E-state index contributed by atoms with van der Waals surface area (Å²) >= 11 is 0. The lowest BCUT2D eigenvalue weighted by atomic mass is 9.72. The molecule has 0 bridgehead atoms. The Bertz CT molecular complexity index is 2730. The first-order valence-corrected chi connectivity index (χ1v) is 24.7. The number of aliphatic hydroxyl groups is 1. The Morgan fingerprint density at radius 3 is 1.04 bits per heavy atom. The van der Waals surface area contributed by atoms with E-state index >= 15 is 0 Å². The predicted octanol–water partition coefficient (Wildman–Crippen LogP) is 15.1. The molecule has 0 unspecified atom stereocenters. The zero-order valence-corrected chi connectivity index (χ0v) is 42.0. The summed E-state index contributed by atoms with van der Waals surface area (Å²) in [4.78, 5) is 37.8. The minimum absolute atomic E-state index is 0.0211. The normalized spacial score (nSPS) is 19.5. The summed E-state index contributed by atoms with van der Waals surface area (Å²) in [5.74, 6) is 1.87. The maximum absolute atomic E-state index is 12.3. The smallest absolute Gasteiger partial charge is 0.162 e. The molecule has 69 heavy (non-hydrogen) atoms. The average Bonchev–Trinajstić information content (AvgIpc) is 4.10. The van der Waals surface area contributed by atoms with Crippen molar-refractivity contribution in [2.75, 3.05) is 14.1 Å². The Kier molecular flexibility index (Phi) is 15.9. The van der Waals surface area contributed by atoms with Crippen LogP contribution in [0.2, 0.25) is 0 Å². The number of Topliss-reactive ketones (excluding diaryl/α,β-unsaturated/α-hetero) is 3. The van der Waals surface area contributed by atoms with E-state index in [9.17, 15) is 19.5 Å². The summed E-state index contributed by atoms with van der Waals surface area (Å²) in [6.45, 7) is 13.4. The molecule has 0 saturated heterocycles. The van der Waals surface area contributed by atoms with Crippen LogP contribution in [0.4, 0.5) is 0 Å². The highest BCUT2D eigenvalue weighted by Gasteiger charge is 2.41. The van der Waals surface area contributed by atoms with Gasteiger partial charge < -0.3 is 10.0 Å². The lowest BCUT2D eigenvalue weighted by Gasteiger charge is -2.32. The van der Waals surface area contributed by atoms with Crippen molar-refractivity contribution in [3.63, 3.8) is 0 Å². The molecule has 0 heterocycles. The third kappa shape index (κ3) is 12.0. The predicted molar refractivity (Wildman–Crippen MR) is 285 cm³/mol. The van der Waals surface area contributed by atoms with Crippen LogP contribution in [-0.2, 0) is 30.6 Å². The second kappa shape index (κ2) is 21.8.